The van der Waals surface area contributed by atoms with Gasteiger partial charge in [0.15, 0.2) is 0 Å². The fourth-order valence-corrected chi connectivity index (χ4v) is 10.2. The minimum absolute atomic E-state index is 0.985. The molecule has 0 aromatic heterocycles. The molecule has 0 bridgehead atoms. The van der Waals surface area contributed by atoms with E-state index in [1.807, 2.05) is 0 Å². The minimum atomic E-state index is -1.97. The van der Waals surface area contributed by atoms with E-state index in [9.17, 15) is 0 Å². The lowest BCUT2D eigenvalue weighted by molar-refractivity contribution is 1.44. The van der Waals surface area contributed by atoms with Crippen LogP contribution in [0.3, 0.4) is 0 Å². The monoisotopic (exact) mass is 477 g/mol. The molecule has 0 heterocycles. The average Bonchev–Trinajstić information content (AvgIpc) is 2.96. The highest BCUT2D eigenvalue weighted by Gasteiger charge is 2.45. The molecule has 0 radical (unpaired) electrons. The second-order valence-corrected chi connectivity index (χ2v) is 13.0. The van der Waals surface area contributed by atoms with Crippen LogP contribution in [0.15, 0.2) is 146 Å². The molecule has 0 fully saturated rings. The molecule has 1 heteroatoms. The molecular formula is C35H26P+. The first-order chi connectivity index (χ1) is 17.8. The van der Waals surface area contributed by atoms with Gasteiger partial charge in [-0.25, -0.2) is 0 Å². The van der Waals surface area contributed by atoms with E-state index in [0.717, 1.165) is 6.16 Å². The molecule has 0 atom stereocenters. The Kier molecular flexibility index (Phi) is 5.09. The smallest absolute Gasteiger partial charge is 0.0620 e. The van der Waals surface area contributed by atoms with Crippen molar-refractivity contribution < 1.29 is 0 Å². The van der Waals surface area contributed by atoms with Gasteiger partial charge in [0, 0.05) is 0 Å². The van der Waals surface area contributed by atoms with Gasteiger partial charge in [0.05, 0.1) is 6.16 Å². The summed E-state index contributed by atoms with van der Waals surface area (Å²) >= 11 is 0. The third-order valence-electron chi connectivity index (χ3n) is 7.62. The fourth-order valence-electron chi connectivity index (χ4n) is 5.96. The molecule has 0 unspecified atom stereocenters. The largest absolute Gasteiger partial charge is 0.116 e. The van der Waals surface area contributed by atoms with Gasteiger partial charge in [0.1, 0.15) is 23.2 Å². The minimum Gasteiger partial charge on any atom is -0.0620 e. The molecule has 0 spiro atoms. The number of hydrogen-bond acceptors (Lipinski definition) is 0. The topological polar surface area (TPSA) is 0 Å². The zero-order chi connectivity index (χ0) is 24.0. The molecule has 0 amide bonds. The van der Waals surface area contributed by atoms with Crippen LogP contribution in [0.2, 0.25) is 0 Å². The van der Waals surface area contributed by atoms with E-state index >= 15 is 0 Å². The quantitative estimate of drug-likeness (QED) is 0.174. The van der Waals surface area contributed by atoms with E-state index in [1.165, 1.54) is 53.8 Å². The third-order valence-corrected chi connectivity index (χ3v) is 12.0. The van der Waals surface area contributed by atoms with Crippen molar-refractivity contribution in [1.29, 1.82) is 0 Å². The summed E-state index contributed by atoms with van der Waals surface area (Å²) in [6, 6.07) is 54.1. The van der Waals surface area contributed by atoms with Crippen LogP contribution >= 0.6 is 7.26 Å². The fraction of sp³-hybridized carbons (Fsp3) is 0.0286. The van der Waals surface area contributed by atoms with E-state index in [0.29, 0.717) is 0 Å². The van der Waals surface area contributed by atoms with Gasteiger partial charge < -0.3 is 0 Å². The molecule has 0 saturated heterocycles. The first-order valence-electron chi connectivity index (χ1n) is 12.5. The lowest BCUT2D eigenvalue weighted by Gasteiger charge is -2.28. The summed E-state index contributed by atoms with van der Waals surface area (Å²) in [5.41, 5.74) is 1.42. The molecule has 170 valence electrons. The maximum Gasteiger partial charge on any atom is 0.116 e. The molecule has 0 aliphatic heterocycles. The maximum atomic E-state index is 2.38. The normalized spacial score (nSPS) is 12.0. The van der Waals surface area contributed by atoms with E-state index in [4.69, 9.17) is 0 Å². The summed E-state index contributed by atoms with van der Waals surface area (Å²) in [5, 5.41) is 12.4. The van der Waals surface area contributed by atoms with Crippen LogP contribution in [0.5, 0.6) is 0 Å². The summed E-state index contributed by atoms with van der Waals surface area (Å²) in [5.74, 6) is 0. The van der Waals surface area contributed by atoms with Crippen molar-refractivity contribution in [3.63, 3.8) is 0 Å². The Morgan fingerprint density at radius 2 is 0.806 bits per heavy atom. The van der Waals surface area contributed by atoms with Crippen molar-refractivity contribution in [3.8, 4) is 0 Å². The Balaban J connectivity index is 1.55. The summed E-state index contributed by atoms with van der Waals surface area (Å²) in [6.45, 7) is 0. The van der Waals surface area contributed by atoms with Crippen LogP contribution < -0.4 is 15.9 Å². The molecule has 7 aromatic carbocycles. The Bertz CT molecular complexity index is 1680. The van der Waals surface area contributed by atoms with Crippen molar-refractivity contribution in [3.05, 3.63) is 151 Å². The summed E-state index contributed by atoms with van der Waals surface area (Å²) < 4.78 is 0. The van der Waals surface area contributed by atoms with Crippen LogP contribution in [-0.2, 0) is 6.16 Å². The Morgan fingerprint density at radius 1 is 0.361 bits per heavy atom. The molecule has 7 rings (SSSR count). The van der Waals surface area contributed by atoms with Gasteiger partial charge in [-0.1, -0.05) is 109 Å². The van der Waals surface area contributed by atoms with Crippen molar-refractivity contribution >= 4 is 55.5 Å². The first kappa shape index (κ1) is 21.3. The third kappa shape index (κ3) is 3.26. The van der Waals surface area contributed by atoms with E-state index < -0.39 is 7.26 Å². The highest BCUT2D eigenvalue weighted by Crippen LogP contribution is 2.59. The molecule has 0 nitrogen and oxygen atoms in total. The summed E-state index contributed by atoms with van der Waals surface area (Å²) in [4.78, 5) is 0. The van der Waals surface area contributed by atoms with Crippen molar-refractivity contribution in [1.82, 2.24) is 0 Å². The summed E-state index contributed by atoms with van der Waals surface area (Å²) in [6.07, 6.45) is 0.985. The lowest BCUT2D eigenvalue weighted by atomic mass is 9.92. The lowest BCUT2D eigenvalue weighted by Crippen LogP contribution is -2.32. The number of hydrogen-bond donors (Lipinski definition) is 0. The standard InChI is InChI=1S/C35H26P/c1-4-13-30(14-5-1)36(31-15-6-2-7-16-31,32-17-8-3-9-18-32)25-29-22-21-28-20-19-26-11-10-12-27-23-24-33(29)35(28)34(26)27/h1-24H,25H2/q+1. The highest BCUT2D eigenvalue weighted by molar-refractivity contribution is 7.95. The van der Waals surface area contributed by atoms with Gasteiger partial charge >= 0.3 is 0 Å². The molecule has 0 aliphatic carbocycles. The Hall–Kier alpha value is -3.99. The predicted molar refractivity (Wildman–Crippen MR) is 159 cm³/mol. The van der Waals surface area contributed by atoms with Crippen LogP contribution in [0.4, 0.5) is 0 Å². The predicted octanol–water partition coefficient (Wildman–Crippen LogP) is 8.08. The van der Waals surface area contributed by atoms with Crippen LogP contribution in [0.25, 0.3) is 32.3 Å². The van der Waals surface area contributed by atoms with Crippen molar-refractivity contribution in [2.45, 2.75) is 6.16 Å². The average molecular weight is 478 g/mol. The van der Waals surface area contributed by atoms with Crippen LogP contribution in [0, 0.1) is 0 Å². The summed E-state index contributed by atoms with van der Waals surface area (Å²) in [7, 11) is -1.97. The highest BCUT2D eigenvalue weighted by atomic mass is 31.2. The Labute approximate surface area is 212 Å². The second kappa shape index (κ2) is 8.59. The SMILES string of the molecule is c1ccc([P+](Cc2ccc3ccc4cccc5ccc2c3c45)(c2ccccc2)c2ccccc2)cc1. The number of rotatable bonds is 5. The van der Waals surface area contributed by atoms with Gasteiger partial charge in [0.2, 0.25) is 0 Å². The van der Waals surface area contributed by atoms with Crippen molar-refractivity contribution in [2.75, 3.05) is 0 Å². The van der Waals surface area contributed by atoms with Crippen molar-refractivity contribution in [2.24, 2.45) is 0 Å². The van der Waals surface area contributed by atoms with Gasteiger partial charge in [-0.15, -0.1) is 0 Å². The van der Waals surface area contributed by atoms with E-state index in [1.54, 1.807) is 0 Å². The second-order valence-electron chi connectivity index (χ2n) is 9.56. The molecule has 0 aliphatic rings. The van der Waals surface area contributed by atoms with Gasteiger partial charge in [-0.2, -0.15) is 0 Å². The zero-order valence-corrected chi connectivity index (χ0v) is 20.9. The van der Waals surface area contributed by atoms with Gasteiger partial charge in [-0.3, -0.25) is 0 Å². The number of benzene rings is 7. The molecule has 0 saturated carbocycles. The van der Waals surface area contributed by atoms with Crippen LogP contribution in [0.1, 0.15) is 5.56 Å². The zero-order valence-electron chi connectivity index (χ0n) is 20.0. The van der Waals surface area contributed by atoms with Gasteiger partial charge in [-0.05, 0) is 74.3 Å². The molecule has 0 N–H and O–H groups in total. The molecule has 36 heavy (non-hydrogen) atoms. The molecule has 7 aromatic rings. The van der Waals surface area contributed by atoms with Crippen LogP contribution in [-0.4, -0.2) is 0 Å². The van der Waals surface area contributed by atoms with Gasteiger partial charge in [0.25, 0.3) is 0 Å². The van der Waals surface area contributed by atoms with E-state index in [2.05, 4.69) is 146 Å². The Morgan fingerprint density at radius 3 is 1.33 bits per heavy atom. The molecular weight excluding hydrogens is 451 g/mol. The maximum absolute atomic E-state index is 2.38. The van der Waals surface area contributed by atoms with E-state index in [-0.39, 0.29) is 0 Å². The first-order valence-corrected chi connectivity index (χ1v) is 14.5.